The van der Waals surface area contributed by atoms with E-state index in [1.54, 1.807) is 0 Å². The summed E-state index contributed by atoms with van der Waals surface area (Å²) in [5.41, 5.74) is 6.06. The number of hydrogen-bond donors (Lipinski definition) is 1. The molecular formula is C26H35N5O. The molecule has 0 spiro atoms. The van der Waals surface area contributed by atoms with Gasteiger partial charge in [0, 0.05) is 49.4 Å². The van der Waals surface area contributed by atoms with E-state index in [2.05, 4.69) is 74.1 Å². The van der Waals surface area contributed by atoms with Crippen LogP contribution in [0.15, 0.2) is 36.4 Å². The van der Waals surface area contributed by atoms with Crippen LogP contribution in [-0.4, -0.2) is 39.5 Å². The number of benzene rings is 1. The normalized spacial score (nSPS) is 16.7. The van der Waals surface area contributed by atoms with Gasteiger partial charge in [-0.05, 0) is 51.7 Å². The predicted molar refractivity (Wildman–Crippen MR) is 128 cm³/mol. The molecule has 0 bridgehead atoms. The third-order valence-corrected chi connectivity index (χ3v) is 7.00. The van der Waals surface area contributed by atoms with E-state index < -0.39 is 0 Å². The number of rotatable bonds is 7. The molecule has 0 amide bonds. The number of aryl methyl sites for hydroxylation is 2. The van der Waals surface area contributed by atoms with Crippen LogP contribution >= 0.6 is 0 Å². The predicted octanol–water partition coefficient (Wildman–Crippen LogP) is 4.87. The van der Waals surface area contributed by atoms with Crippen LogP contribution in [0.3, 0.4) is 0 Å². The molecule has 1 fully saturated rings. The van der Waals surface area contributed by atoms with Gasteiger partial charge in [-0.25, -0.2) is 9.97 Å². The zero-order valence-corrected chi connectivity index (χ0v) is 20.0. The third-order valence-electron chi connectivity index (χ3n) is 7.00. The number of ether oxygens (including phenoxy) is 1. The first-order valence-corrected chi connectivity index (χ1v) is 11.6. The highest BCUT2D eigenvalue weighted by atomic mass is 16.5. The van der Waals surface area contributed by atoms with E-state index in [0.717, 1.165) is 62.2 Å². The van der Waals surface area contributed by atoms with E-state index in [1.165, 1.54) is 16.8 Å². The molecule has 2 aromatic heterocycles. The van der Waals surface area contributed by atoms with Crippen LogP contribution in [0.4, 0.5) is 5.82 Å². The van der Waals surface area contributed by atoms with E-state index in [0.29, 0.717) is 0 Å². The molecule has 0 unspecified atom stereocenters. The van der Waals surface area contributed by atoms with Gasteiger partial charge in [-0.15, -0.1) is 0 Å². The van der Waals surface area contributed by atoms with Crippen LogP contribution < -0.4 is 5.32 Å². The molecule has 0 saturated carbocycles. The van der Waals surface area contributed by atoms with Gasteiger partial charge in [0.1, 0.15) is 11.6 Å². The van der Waals surface area contributed by atoms with Gasteiger partial charge in [-0.1, -0.05) is 37.3 Å². The highest BCUT2D eigenvalue weighted by Crippen LogP contribution is 2.35. The first kappa shape index (κ1) is 22.5. The van der Waals surface area contributed by atoms with Gasteiger partial charge < -0.3 is 10.1 Å². The highest BCUT2D eigenvalue weighted by molar-refractivity contribution is 5.39. The Morgan fingerprint density at radius 3 is 2.44 bits per heavy atom. The first-order chi connectivity index (χ1) is 15.4. The Morgan fingerprint density at radius 2 is 1.78 bits per heavy atom. The zero-order valence-electron chi connectivity index (χ0n) is 20.0. The van der Waals surface area contributed by atoms with Crippen molar-refractivity contribution in [2.24, 2.45) is 0 Å². The molecule has 1 aliphatic rings. The third kappa shape index (κ3) is 4.70. The Hall–Kier alpha value is -2.73. The van der Waals surface area contributed by atoms with Crippen LogP contribution in [0.5, 0.6) is 0 Å². The molecule has 3 heterocycles. The van der Waals surface area contributed by atoms with Crippen molar-refractivity contribution < 1.29 is 4.74 Å². The standard InChI is InChI=1S/C26H35N5O/c1-18(16-31-21(4)19(2)20(3)30-31)24-15-25(29-22(5)28-24)27-17-26(11-13-32-14-12-26)23-9-7-6-8-10-23/h6-10,15,18H,11-14,16-17H2,1-5H3,(H,27,28,29)/t18-/m1/s1. The smallest absolute Gasteiger partial charge is 0.129 e. The number of anilines is 1. The van der Waals surface area contributed by atoms with Crippen LogP contribution in [-0.2, 0) is 16.7 Å². The summed E-state index contributed by atoms with van der Waals surface area (Å²) >= 11 is 0. The largest absolute Gasteiger partial charge is 0.381 e. The molecular weight excluding hydrogens is 398 g/mol. The van der Waals surface area contributed by atoms with Crippen molar-refractivity contribution in [1.82, 2.24) is 19.7 Å². The second-order valence-electron chi connectivity index (χ2n) is 9.22. The first-order valence-electron chi connectivity index (χ1n) is 11.6. The number of nitrogens with one attached hydrogen (secondary N) is 1. The van der Waals surface area contributed by atoms with Crippen LogP contribution in [0.2, 0.25) is 0 Å². The summed E-state index contributed by atoms with van der Waals surface area (Å²) in [6, 6.07) is 12.9. The average Bonchev–Trinajstić information content (AvgIpc) is 3.05. The van der Waals surface area contributed by atoms with Crippen molar-refractivity contribution in [3.05, 3.63) is 70.4 Å². The van der Waals surface area contributed by atoms with Crippen molar-refractivity contribution in [2.45, 2.75) is 65.3 Å². The number of hydrogen-bond acceptors (Lipinski definition) is 5. The quantitative estimate of drug-likeness (QED) is 0.576. The molecule has 4 rings (SSSR count). The number of aromatic nitrogens is 4. The SMILES string of the molecule is Cc1nc(NCC2(c3ccccc3)CCOCC2)cc([C@H](C)Cn2nc(C)c(C)c2C)n1. The molecule has 32 heavy (non-hydrogen) atoms. The lowest BCUT2D eigenvalue weighted by molar-refractivity contribution is 0.0543. The van der Waals surface area contributed by atoms with Crippen LogP contribution in [0.1, 0.15) is 59.7 Å². The molecule has 6 heteroatoms. The van der Waals surface area contributed by atoms with E-state index in [-0.39, 0.29) is 11.3 Å². The lowest BCUT2D eigenvalue weighted by Gasteiger charge is -2.38. The van der Waals surface area contributed by atoms with Gasteiger partial charge >= 0.3 is 0 Å². The molecule has 1 saturated heterocycles. The van der Waals surface area contributed by atoms with Gasteiger partial charge in [0.15, 0.2) is 0 Å². The van der Waals surface area contributed by atoms with Crippen molar-refractivity contribution in [1.29, 1.82) is 0 Å². The van der Waals surface area contributed by atoms with Gasteiger partial charge in [-0.2, -0.15) is 5.10 Å². The topological polar surface area (TPSA) is 64.9 Å². The summed E-state index contributed by atoms with van der Waals surface area (Å²) in [5.74, 6) is 1.92. The lowest BCUT2D eigenvalue weighted by Crippen LogP contribution is -2.40. The summed E-state index contributed by atoms with van der Waals surface area (Å²) in [6.07, 6.45) is 2.02. The van der Waals surface area contributed by atoms with Gasteiger partial charge in [-0.3, -0.25) is 4.68 Å². The number of nitrogens with zero attached hydrogens (tertiary/aromatic N) is 4. The molecule has 1 N–H and O–H groups in total. The molecule has 0 aliphatic carbocycles. The monoisotopic (exact) mass is 433 g/mol. The second-order valence-corrected chi connectivity index (χ2v) is 9.22. The summed E-state index contributed by atoms with van der Waals surface area (Å²) < 4.78 is 7.79. The zero-order chi connectivity index (χ0) is 22.7. The van der Waals surface area contributed by atoms with Crippen molar-refractivity contribution >= 4 is 5.82 Å². The molecule has 1 aromatic carbocycles. The highest BCUT2D eigenvalue weighted by Gasteiger charge is 2.34. The van der Waals surface area contributed by atoms with Crippen molar-refractivity contribution in [2.75, 3.05) is 25.1 Å². The van der Waals surface area contributed by atoms with Gasteiger partial charge in [0.2, 0.25) is 0 Å². The minimum Gasteiger partial charge on any atom is -0.381 e. The average molecular weight is 434 g/mol. The van der Waals surface area contributed by atoms with E-state index in [1.807, 2.05) is 6.92 Å². The Kier molecular flexibility index (Phi) is 6.60. The second kappa shape index (κ2) is 9.41. The minimum absolute atomic E-state index is 0.0609. The maximum absolute atomic E-state index is 5.68. The Labute approximate surface area is 191 Å². The summed E-state index contributed by atoms with van der Waals surface area (Å²) in [4.78, 5) is 9.44. The lowest BCUT2D eigenvalue weighted by atomic mass is 9.74. The fraction of sp³-hybridized carbons (Fsp3) is 0.500. The van der Waals surface area contributed by atoms with E-state index in [9.17, 15) is 0 Å². The fourth-order valence-electron chi connectivity index (χ4n) is 4.63. The molecule has 6 nitrogen and oxygen atoms in total. The summed E-state index contributed by atoms with van der Waals surface area (Å²) in [7, 11) is 0. The van der Waals surface area contributed by atoms with E-state index >= 15 is 0 Å². The fourth-order valence-corrected chi connectivity index (χ4v) is 4.63. The molecule has 3 aromatic rings. The van der Waals surface area contributed by atoms with Crippen LogP contribution in [0.25, 0.3) is 0 Å². The summed E-state index contributed by atoms with van der Waals surface area (Å²) in [6.45, 7) is 13.7. The van der Waals surface area contributed by atoms with Gasteiger partial charge in [0.25, 0.3) is 0 Å². The maximum atomic E-state index is 5.68. The van der Waals surface area contributed by atoms with Crippen LogP contribution in [0, 0.1) is 27.7 Å². The maximum Gasteiger partial charge on any atom is 0.129 e. The summed E-state index contributed by atoms with van der Waals surface area (Å²) in [5, 5.41) is 8.36. The van der Waals surface area contributed by atoms with Crippen molar-refractivity contribution in [3.63, 3.8) is 0 Å². The van der Waals surface area contributed by atoms with Gasteiger partial charge in [0.05, 0.1) is 11.4 Å². The Balaban J connectivity index is 1.52. The molecule has 1 atom stereocenters. The molecule has 1 aliphatic heterocycles. The molecule has 170 valence electrons. The Bertz CT molecular complexity index is 1050. The molecule has 0 radical (unpaired) electrons. The Morgan fingerprint density at radius 1 is 1.06 bits per heavy atom. The van der Waals surface area contributed by atoms with E-state index in [4.69, 9.17) is 19.8 Å². The minimum atomic E-state index is 0.0609. The van der Waals surface area contributed by atoms with Crippen molar-refractivity contribution in [3.8, 4) is 0 Å².